The van der Waals surface area contributed by atoms with Crippen LogP contribution in [-0.4, -0.2) is 32.0 Å². The van der Waals surface area contributed by atoms with E-state index in [0.717, 1.165) is 18.4 Å². The van der Waals surface area contributed by atoms with E-state index in [1.807, 2.05) is 30.3 Å². The van der Waals surface area contributed by atoms with Gasteiger partial charge in [-0.2, -0.15) is 0 Å². The van der Waals surface area contributed by atoms with E-state index in [1.54, 1.807) is 18.2 Å². The summed E-state index contributed by atoms with van der Waals surface area (Å²) in [6.07, 6.45) is 1.67. The smallest absolute Gasteiger partial charge is 0.407 e. The number of rotatable bonds is 11. The average molecular weight is 458 g/mol. The summed E-state index contributed by atoms with van der Waals surface area (Å²) in [5, 5.41) is 2.77. The van der Waals surface area contributed by atoms with Gasteiger partial charge in [-0.1, -0.05) is 42.3 Å². The van der Waals surface area contributed by atoms with Crippen LogP contribution in [0.4, 0.5) is 4.79 Å². The molecular formula is C25H28ClNO5. The predicted molar refractivity (Wildman–Crippen MR) is 124 cm³/mol. The molecule has 0 radical (unpaired) electrons. The highest BCUT2D eigenvalue weighted by molar-refractivity contribution is 6.17. The lowest BCUT2D eigenvalue weighted by molar-refractivity contribution is -0.114. The van der Waals surface area contributed by atoms with Gasteiger partial charge >= 0.3 is 6.09 Å². The number of ether oxygens (including phenoxy) is 3. The minimum atomic E-state index is -0.636. The number of nitrogens with one attached hydrogen (secondary N) is 1. The zero-order valence-electron chi connectivity index (χ0n) is 18.4. The number of alkyl carbamates (subject to hydrolysis) is 1. The summed E-state index contributed by atoms with van der Waals surface area (Å²) in [6, 6.07) is 13.9. The Morgan fingerprint density at radius 2 is 1.78 bits per heavy atom. The third kappa shape index (κ3) is 8.52. The number of benzene rings is 2. The number of alkyl halides is 1. The van der Waals surface area contributed by atoms with E-state index < -0.39 is 12.1 Å². The van der Waals surface area contributed by atoms with Crippen molar-refractivity contribution >= 4 is 23.5 Å². The van der Waals surface area contributed by atoms with Crippen LogP contribution < -0.4 is 14.8 Å². The number of unbranched alkanes of at least 4 members (excludes halogenated alkanes) is 2. The summed E-state index contributed by atoms with van der Waals surface area (Å²) in [4.78, 5) is 24.9. The molecule has 0 saturated heterocycles. The number of carbonyl (C=O) groups excluding carboxylic acids is 2. The van der Waals surface area contributed by atoms with Gasteiger partial charge in [-0.15, -0.1) is 11.6 Å². The molecule has 0 heterocycles. The molecule has 1 amide bonds. The topological polar surface area (TPSA) is 73.9 Å². The van der Waals surface area contributed by atoms with Crippen LogP contribution >= 0.6 is 11.6 Å². The van der Waals surface area contributed by atoms with E-state index in [9.17, 15) is 9.59 Å². The standard InChI is InChI=1S/C25H28ClNO5/c1-30-23-14-13-20(16-24(23)31-2)22(17-21(28)12-8-3-4-9-15-26)27-25(29)32-18-19-10-6-5-7-11-19/h5-7,10-11,13-14,16,22H,3-4,9,15,17-18H2,1-2H3,(H,27,29)/t22-/m0/s1. The minimum Gasteiger partial charge on any atom is -0.493 e. The summed E-state index contributed by atoms with van der Waals surface area (Å²) in [5.41, 5.74) is 1.54. The highest BCUT2D eigenvalue weighted by Gasteiger charge is 2.20. The average Bonchev–Trinajstić information content (AvgIpc) is 2.82. The van der Waals surface area contributed by atoms with Crippen molar-refractivity contribution in [3.05, 3.63) is 59.7 Å². The molecule has 0 fully saturated rings. The summed E-state index contributed by atoms with van der Waals surface area (Å²) < 4.78 is 15.9. The Hall–Kier alpha value is -3.17. The van der Waals surface area contributed by atoms with E-state index >= 15 is 0 Å². The van der Waals surface area contributed by atoms with E-state index in [2.05, 4.69) is 17.2 Å². The van der Waals surface area contributed by atoms with Gasteiger partial charge in [0.05, 0.1) is 20.3 Å². The van der Waals surface area contributed by atoms with Gasteiger partial charge in [-0.3, -0.25) is 4.79 Å². The number of Topliss-reactive ketones (excluding diaryl/α,β-unsaturated/α-hetero) is 1. The number of carbonyl (C=O) groups is 2. The normalized spacial score (nSPS) is 11.0. The van der Waals surface area contributed by atoms with Crippen LogP contribution in [0.15, 0.2) is 48.5 Å². The Kier molecular flexibility index (Phi) is 11.0. The fraction of sp³-hybridized carbons (Fsp3) is 0.360. The molecule has 0 unspecified atom stereocenters. The molecule has 2 rings (SSSR count). The van der Waals surface area contributed by atoms with Crippen LogP contribution in [0.3, 0.4) is 0 Å². The second-order valence-corrected chi connectivity index (χ2v) is 7.33. The Labute approximate surface area is 194 Å². The lowest BCUT2D eigenvalue weighted by Crippen LogP contribution is -2.30. The van der Waals surface area contributed by atoms with Gasteiger partial charge < -0.3 is 19.5 Å². The van der Waals surface area contributed by atoms with Gasteiger partial charge in [-0.05, 0) is 42.0 Å². The highest BCUT2D eigenvalue weighted by atomic mass is 35.5. The molecule has 0 aliphatic carbocycles. The Balaban J connectivity index is 2.11. The number of hydrogen-bond donors (Lipinski definition) is 1. The number of hydrogen-bond acceptors (Lipinski definition) is 5. The summed E-state index contributed by atoms with van der Waals surface area (Å²) in [7, 11) is 3.06. The molecule has 6 nitrogen and oxygen atoms in total. The van der Waals surface area contributed by atoms with Crippen molar-refractivity contribution in [2.45, 2.75) is 38.3 Å². The second-order valence-electron chi connectivity index (χ2n) is 6.95. The molecule has 7 heteroatoms. The number of halogens is 1. The third-order valence-electron chi connectivity index (χ3n) is 4.62. The van der Waals surface area contributed by atoms with Crippen molar-refractivity contribution in [1.29, 1.82) is 0 Å². The zero-order valence-corrected chi connectivity index (χ0v) is 19.1. The van der Waals surface area contributed by atoms with Crippen molar-refractivity contribution in [3.63, 3.8) is 0 Å². The Bertz CT molecular complexity index is 936. The van der Waals surface area contributed by atoms with E-state index in [-0.39, 0.29) is 18.8 Å². The minimum absolute atomic E-state index is 0.00156. The molecule has 0 saturated carbocycles. The van der Waals surface area contributed by atoms with Crippen LogP contribution in [0, 0.1) is 11.8 Å². The molecule has 1 atom stereocenters. The van der Waals surface area contributed by atoms with Gasteiger partial charge in [0.2, 0.25) is 5.78 Å². The van der Waals surface area contributed by atoms with Crippen LogP contribution in [0.1, 0.15) is 42.9 Å². The van der Waals surface area contributed by atoms with E-state index in [0.29, 0.717) is 29.4 Å². The Morgan fingerprint density at radius 1 is 1.03 bits per heavy atom. The number of amides is 1. The molecule has 1 N–H and O–H groups in total. The number of ketones is 1. The van der Waals surface area contributed by atoms with Crippen LogP contribution in [0.2, 0.25) is 0 Å². The van der Waals surface area contributed by atoms with Gasteiger partial charge in [0.15, 0.2) is 11.5 Å². The largest absolute Gasteiger partial charge is 0.493 e. The first-order valence-corrected chi connectivity index (χ1v) is 10.9. The van der Waals surface area contributed by atoms with Gasteiger partial charge in [0.25, 0.3) is 0 Å². The van der Waals surface area contributed by atoms with Gasteiger partial charge in [0.1, 0.15) is 6.61 Å². The monoisotopic (exact) mass is 457 g/mol. The van der Waals surface area contributed by atoms with Crippen LogP contribution in [-0.2, 0) is 16.1 Å². The maximum absolute atomic E-state index is 12.5. The van der Waals surface area contributed by atoms with Crippen molar-refractivity contribution < 1.29 is 23.8 Å². The maximum Gasteiger partial charge on any atom is 0.407 e. The fourth-order valence-corrected chi connectivity index (χ4v) is 3.12. The molecule has 0 aromatic heterocycles. The lowest BCUT2D eigenvalue weighted by Gasteiger charge is -2.19. The van der Waals surface area contributed by atoms with Gasteiger partial charge in [-0.25, -0.2) is 4.79 Å². The molecule has 0 spiro atoms. The van der Waals surface area contributed by atoms with Crippen LogP contribution in [0.5, 0.6) is 11.5 Å². The molecule has 0 aliphatic rings. The SMILES string of the molecule is COc1ccc([C@H](CC(=O)C#CCCCCCl)NC(=O)OCc2ccccc2)cc1OC. The van der Waals surface area contributed by atoms with Crippen molar-refractivity contribution in [1.82, 2.24) is 5.32 Å². The zero-order chi connectivity index (χ0) is 23.2. The first-order valence-electron chi connectivity index (χ1n) is 10.3. The van der Waals surface area contributed by atoms with Crippen molar-refractivity contribution in [3.8, 4) is 23.3 Å². The predicted octanol–water partition coefficient (Wildman–Crippen LogP) is 5.04. The Morgan fingerprint density at radius 3 is 2.47 bits per heavy atom. The first-order chi connectivity index (χ1) is 15.6. The molecule has 32 heavy (non-hydrogen) atoms. The molecule has 0 bridgehead atoms. The summed E-state index contributed by atoms with van der Waals surface area (Å²) >= 11 is 5.65. The molecular weight excluding hydrogens is 430 g/mol. The molecule has 0 aliphatic heterocycles. The maximum atomic E-state index is 12.5. The first kappa shape index (κ1) is 25.1. The fourth-order valence-electron chi connectivity index (χ4n) is 2.93. The molecule has 2 aromatic carbocycles. The van der Waals surface area contributed by atoms with Crippen molar-refractivity contribution in [2.75, 3.05) is 20.1 Å². The third-order valence-corrected chi connectivity index (χ3v) is 4.88. The quantitative estimate of drug-likeness (QED) is 0.221. The molecule has 170 valence electrons. The number of methoxy groups -OCH3 is 2. The van der Waals surface area contributed by atoms with E-state index in [4.69, 9.17) is 25.8 Å². The summed E-state index contributed by atoms with van der Waals surface area (Å²) in [6.45, 7) is 0.125. The van der Waals surface area contributed by atoms with Crippen LogP contribution in [0.25, 0.3) is 0 Å². The highest BCUT2D eigenvalue weighted by Crippen LogP contribution is 2.31. The molecule has 2 aromatic rings. The van der Waals surface area contributed by atoms with Gasteiger partial charge in [0, 0.05) is 18.7 Å². The lowest BCUT2D eigenvalue weighted by atomic mass is 10.0. The second kappa shape index (κ2) is 14.0. The summed E-state index contributed by atoms with van der Waals surface area (Å²) in [5.74, 6) is 6.85. The van der Waals surface area contributed by atoms with E-state index in [1.165, 1.54) is 14.2 Å². The van der Waals surface area contributed by atoms with Crippen molar-refractivity contribution in [2.24, 2.45) is 0 Å².